The zero-order valence-electron chi connectivity index (χ0n) is 9.00. The van der Waals surface area contributed by atoms with Crippen LogP contribution >= 0.6 is 0 Å². The fourth-order valence-electron chi connectivity index (χ4n) is 1.64. The third-order valence-corrected chi connectivity index (χ3v) is 2.43. The predicted molar refractivity (Wildman–Crippen MR) is 61.1 cm³/mol. The third-order valence-electron chi connectivity index (χ3n) is 2.43. The minimum absolute atomic E-state index is 0. The van der Waals surface area contributed by atoms with Crippen LogP contribution in [0.1, 0.15) is 0 Å². The summed E-state index contributed by atoms with van der Waals surface area (Å²) in [5, 5.41) is 9.69. The molecular formula is C13H9NO2Y. The minimum Gasteiger partial charge on any atom is -0.507 e. The molecule has 0 fully saturated rings. The van der Waals surface area contributed by atoms with Crippen molar-refractivity contribution >= 4 is 11.1 Å². The van der Waals surface area contributed by atoms with Gasteiger partial charge in [0.2, 0.25) is 5.89 Å². The molecule has 0 aliphatic carbocycles. The minimum atomic E-state index is 0. The van der Waals surface area contributed by atoms with Crippen molar-refractivity contribution in [3.63, 3.8) is 0 Å². The Morgan fingerprint density at radius 3 is 2.41 bits per heavy atom. The van der Waals surface area contributed by atoms with Gasteiger partial charge < -0.3 is 9.52 Å². The van der Waals surface area contributed by atoms with E-state index in [1.165, 1.54) is 0 Å². The van der Waals surface area contributed by atoms with Crippen LogP contribution in [0, 0.1) is 0 Å². The topological polar surface area (TPSA) is 46.3 Å². The van der Waals surface area contributed by atoms with Crippen LogP contribution in [0.5, 0.6) is 5.75 Å². The normalized spacial score (nSPS) is 10.1. The molecule has 2 aromatic carbocycles. The number of aromatic nitrogens is 1. The molecule has 1 heterocycles. The van der Waals surface area contributed by atoms with Gasteiger partial charge in [0.1, 0.15) is 11.3 Å². The van der Waals surface area contributed by atoms with Gasteiger partial charge in [-0.3, -0.25) is 0 Å². The zero-order chi connectivity index (χ0) is 11.0. The molecule has 3 rings (SSSR count). The molecule has 0 aliphatic heterocycles. The van der Waals surface area contributed by atoms with Gasteiger partial charge in [0.05, 0.1) is 5.56 Å². The van der Waals surface area contributed by atoms with Gasteiger partial charge in [-0.1, -0.05) is 24.3 Å². The Labute approximate surface area is 123 Å². The van der Waals surface area contributed by atoms with Crippen molar-refractivity contribution in [1.29, 1.82) is 0 Å². The number of aromatic hydroxyl groups is 1. The average molecular weight is 300 g/mol. The van der Waals surface area contributed by atoms with E-state index in [0.717, 1.165) is 11.1 Å². The summed E-state index contributed by atoms with van der Waals surface area (Å²) in [6.07, 6.45) is 0. The summed E-state index contributed by atoms with van der Waals surface area (Å²) >= 11 is 0. The summed E-state index contributed by atoms with van der Waals surface area (Å²) in [7, 11) is 0. The molecule has 81 valence electrons. The first-order chi connectivity index (χ1) is 7.84. The van der Waals surface area contributed by atoms with Gasteiger partial charge in [-0.15, -0.1) is 0 Å². The van der Waals surface area contributed by atoms with E-state index in [2.05, 4.69) is 4.98 Å². The summed E-state index contributed by atoms with van der Waals surface area (Å²) in [6, 6.07) is 14.5. The number of hydrogen-bond donors (Lipinski definition) is 1. The Morgan fingerprint density at radius 2 is 1.65 bits per heavy atom. The monoisotopic (exact) mass is 300 g/mol. The Balaban J connectivity index is 0.00000108. The van der Waals surface area contributed by atoms with Gasteiger partial charge in [0.25, 0.3) is 0 Å². The van der Waals surface area contributed by atoms with Crippen molar-refractivity contribution in [2.45, 2.75) is 0 Å². The number of oxazole rings is 1. The first-order valence-corrected chi connectivity index (χ1v) is 4.98. The second kappa shape index (κ2) is 4.98. The molecule has 0 amide bonds. The molecule has 0 saturated carbocycles. The molecule has 3 aromatic rings. The summed E-state index contributed by atoms with van der Waals surface area (Å²) in [4.78, 5) is 4.32. The van der Waals surface area contributed by atoms with E-state index in [4.69, 9.17) is 4.42 Å². The molecule has 17 heavy (non-hydrogen) atoms. The molecular weight excluding hydrogens is 291 g/mol. The van der Waals surface area contributed by atoms with Gasteiger partial charge in [0, 0.05) is 32.7 Å². The van der Waals surface area contributed by atoms with Crippen LogP contribution in [-0.4, -0.2) is 10.1 Å². The largest absolute Gasteiger partial charge is 0.507 e. The number of hydrogen-bond acceptors (Lipinski definition) is 3. The molecule has 0 saturated heterocycles. The van der Waals surface area contributed by atoms with E-state index in [1.54, 1.807) is 18.2 Å². The van der Waals surface area contributed by atoms with Gasteiger partial charge in [0.15, 0.2) is 5.58 Å². The number of benzene rings is 2. The Bertz CT molecular complexity index is 615. The van der Waals surface area contributed by atoms with Crippen LogP contribution in [-0.2, 0) is 32.7 Å². The number of rotatable bonds is 1. The molecule has 0 spiro atoms. The van der Waals surface area contributed by atoms with E-state index >= 15 is 0 Å². The van der Waals surface area contributed by atoms with Gasteiger partial charge in [-0.25, -0.2) is 4.98 Å². The second-order valence-electron chi connectivity index (χ2n) is 3.50. The first kappa shape index (κ1) is 12.3. The number of fused-ring (bicyclic) bond motifs is 1. The van der Waals surface area contributed by atoms with Crippen molar-refractivity contribution < 1.29 is 42.2 Å². The second-order valence-corrected chi connectivity index (χ2v) is 3.50. The molecule has 1 radical (unpaired) electrons. The fraction of sp³-hybridized carbons (Fsp3) is 0. The maximum atomic E-state index is 9.69. The maximum absolute atomic E-state index is 9.69. The molecule has 0 bridgehead atoms. The molecule has 0 aliphatic rings. The smallest absolute Gasteiger partial charge is 0.231 e. The maximum Gasteiger partial charge on any atom is 0.231 e. The van der Waals surface area contributed by atoms with E-state index in [0.29, 0.717) is 11.5 Å². The Hall–Kier alpha value is -1.19. The molecule has 0 atom stereocenters. The van der Waals surface area contributed by atoms with E-state index < -0.39 is 0 Å². The van der Waals surface area contributed by atoms with Crippen molar-refractivity contribution in [2.75, 3.05) is 0 Å². The van der Waals surface area contributed by atoms with Gasteiger partial charge in [-0.2, -0.15) is 0 Å². The van der Waals surface area contributed by atoms with Crippen LogP contribution in [0.15, 0.2) is 52.9 Å². The van der Waals surface area contributed by atoms with Crippen LogP contribution in [0.3, 0.4) is 0 Å². The van der Waals surface area contributed by atoms with Gasteiger partial charge >= 0.3 is 0 Å². The van der Waals surface area contributed by atoms with Crippen molar-refractivity contribution in [3.8, 4) is 17.2 Å². The average Bonchev–Trinajstić information content (AvgIpc) is 2.73. The van der Waals surface area contributed by atoms with Crippen LogP contribution in [0.25, 0.3) is 22.6 Å². The summed E-state index contributed by atoms with van der Waals surface area (Å²) in [5.74, 6) is 0.619. The van der Waals surface area contributed by atoms with Gasteiger partial charge in [-0.05, 0) is 24.3 Å². The van der Waals surface area contributed by atoms with Crippen molar-refractivity contribution in [2.24, 2.45) is 0 Å². The number of phenolic OH excluding ortho intramolecular Hbond substituents is 1. The van der Waals surface area contributed by atoms with Crippen molar-refractivity contribution in [1.82, 2.24) is 4.98 Å². The predicted octanol–water partition coefficient (Wildman–Crippen LogP) is 3.20. The Morgan fingerprint density at radius 1 is 0.941 bits per heavy atom. The third kappa shape index (κ3) is 2.26. The quantitative estimate of drug-likeness (QED) is 0.750. The van der Waals surface area contributed by atoms with Crippen LogP contribution in [0.2, 0.25) is 0 Å². The van der Waals surface area contributed by atoms with Crippen LogP contribution < -0.4 is 0 Å². The molecule has 4 heteroatoms. The SMILES string of the molecule is Oc1ccccc1-c1nc2ccccc2o1.[Y]. The number of para-hydroxylation sites is 3. The summed E-state index contributed by atoms with van der Waals surface area (Å²) < 4.78 is 5.56. The number of nitrogens with zero attached hydrogens (tertiary/aromatic N) is 1. The van der Waals surface area contributed by atoms with Crippen LogP contribution in [0.4, 0.5) is 0 Å². The van der Waals surface area contributed by atoms with Crippen molar-refractivity contribution in [3.05, 3.63) is 48.5 Å². The van der Waals surface area contributed by atoms with E-state index in [1.807, 2.05) is 30.3 Å². The molecule has 1 aromatic heterocycles. The Kier molecular flexibility index (Phi) is 3.60. The van der Waals surface area contributed by atoms with E-state index in [-0.39, 0.29) is 38.5 Å². The zero-order valence-corrected chi connectivity index (χ0v) is 11.8. The summed E-state index contributed by atoms with van der Waals surface area (Å²) in [6.45, 7) is 0. The van der Waals surface area contributed by atoms with E-state index in [9.17, 15) is 5.11 Å². The standard InChI is InChI=1S/C13H9NO2.Y/c15-11-7-3-1-5-9(11)13-14-10-6-2-4-8-12(10)16-13;/h1-8,15H;. The fourth-order valence-corrected chi connectivity index (χ4v) is 1.64. The molecule has 0 unspecified atom stereocenters. The molecule has 3 nitrogen and oxygen atoms in total. The summed E-state index contributed by atoms with van der Waals surface area (Å²) in [5.41, 5.74) is 2.13. The molecule has 1 N–H and O–H groups in total. The number of phenols is 1. The first-order valence-electron chi connectivity index (χ1n) is 4.98.